The molecule has 0 unspecified atom stereocenters. The summed E-state index contributed by atoms with van der Waals surface area (Å²) >= 11 is 6.46. The van der Waals surface area contributed by atoms with Crippen LogP contribution >= 0.6 is 11.6 Å². The van der Waals surface area contributed by atoms with Crippen molar-refractivity contribution < 1.29 is 14.3 Å². The number of rotatable bonds is 7. The fourth-order valence-electron chi connectivity index (χ4n) is 3.31. The minimum atomic E-state index is -0.496. The minimum absolute atomic E-state index is 0.0518. The van der Waals surface area contributed by atoms with Crippen molar-refractivity contribution in [3.63, 3.8) is 0 Å². The Morgan fingerprint density at radius 3 is 2.36 bits per heavy atom. The van der Waals surface area contributed by atoms with Gasteiger partial charge in [-0.3, -0.25) is 4.79 Å². The van der Waals surface area contributed by atoms with Crippen LogP contribution in [0.25, 0.3) is 6.08 Å². The van der Waals surface area contributed by atoms with E-state index in [1.807, 2.05) is 69.3 Å². The van der Waals surface area contributed by atoms with Crippen LogP contribution in [0.5, 0.6) is 11.5 Å². The molecule has 0 aromatic heterocycles. The molecule has 6 heteroatoms. The second-order valence-electron chi connectivity index (χ2n) is 7.70. The number of methoxy groups -OCH3 is 1. The first-order valence-corrected chi connectivity index (χ1v) is 10.8. The smallest absolute Gasteiger partial charge is 0.266 e. The Morgan fingerprint density at radius 1 is 1.09 bits per heavy atom. The number of nitrogens with one attached hydrogen (secondary N) is 1. The Bertz CT molecular complexity index is 1220. The second-order valence-corrected chi connectivity index (χ2v) is 8.11. The summed E-state index contributed by atoms with van der Waals surface area (Å²) in [6.07, 6.45) is 1.47. The molecule has 0 saturated heterocycles. The number of carbonyl (C=O) groups excluding carboxylic acids is 1. The summed E-state index contributed by atoms with van der Waals surface area (Å²) in [7, 11) is 1.51. The van der Waals surface area contributed by atoms with Crippen molar-refractivity contribution in [2.24, 2.45) is 0 Å². The molecule has 168 valence electrons. The third-order valence-corrected chi connectivity index (χ3v) is 5.43. The van der Waals surface area contributed by atoms with Gasteiger partial charge in [-0.1, -0.05) is 59.6 Å². The van der Waals surface area contributed by atoms with Crippen LogP contribution in [0.4, 0.5) is 5.69 Å². The predicted octanol–water partition coefficient (Wildman–Crippen LogP) is 6.40. The molecule has 1 N–H and O–H groups in total. The van der Waals surface area contributed by atoms with E-state index < -0.39 is 5.91 Å². The number of amides is 1. The van der Waals surface area contributed by atoms with E-state index in [0.717, 1.165) is 16.7 Å². The van der Waals surface area contributed by atoms with Crippen molar-refractivity contribution in [2.45, 2.75) is 27.4 Å². The van der Waals surface area contributed by atoms with Gasteiger partial charge in [0.1, 0.15) is 18.2 Å². The monoisotopic (exact) mass is 460 g/mol. The van der Waals surface area contributed by atoms with E-state index in [2.05, 4.69) is 5.32 Å². The van der Waals surface area contributed by atoms with Gasteiger partial charge in [-0.25, -0.2) is 0 Å². The highest BCUT2D eigenvalue weighted by Crippen LogP contribution is 2.37. The van der Waals surface area contributed by atoms with Crippen molar-refractivity contribution in [2.75, 3.05) is 12.4 Å². The molecule has 0 fully saturated rings. The number of hydrogen-bond acceptors (Lipinski definition) is 4. The fraction of sp³-hybridized carbons (Fsp3) is 0.185. The van der Waals surface area contributed by atoms with Gasteiger partial charge in [-0.2, -0.15) is 5.26 Å². The van der Waals surface area contributed by atoms with Crippen LogP contribution in [-0.4, -0.2) is 13.0 Å². The Morgan fingerprint density at radius 2 is 1.76 bits per heavy atom. The number of halogens is 1. The quantitative estimate of drug-likeness (QED) is 0.327. The molecule has 0 aliphatic carbocycles. The number of aryl methyl sites for hydroxylation is 3. The van der Waals surface area contributed by atoms with Crippen LogP contribution in [-0.2, 0) is 11.4 Å². The van der Waals surface area contributed by atoms with Gasteiger partial charge < -0.3 is 14.8 Å². The molecule has 1 amide bonds. The predicted molar refractivity (Wildman–Crippen MR) is 132 cm³/mol. The van der Waals surface area contributed by atoms with Gasteiger partial charge >= 0.3 is 0 Å². The summed E-state index contributed by atoms with van der Waals surface area (Å²) < 4.78 is 11.4. The summed E-state index contributed by atoms with van der Waals surface area (Å²) in [6.45, 7) is 6.15. The first kappa shape index (κ1) is 23.9. The second kappa shape index (κ2) is 10.7. The minimum Gasteiger partial charge on any atom is -0.493 e. The molecule has 0 saturated carbocycles. The third-order valence-electron chi connectivity index (χ3n) is 5.15. The highest BCUT2D eigenvalue weighted by Gasteiger charge is 2.15. The standard InChI is InChI=1S/C27H25ClN2O3/c1-17-8-10-20(11-9-17)16-33-26-23(28)13-21(14-24(26)32-4)12-22(15-29)27(31)30-25-18(2)6-5-7-19(25)3/h5-14H,16H2,1-4H3,(H,30,31)/b22-12+. The zero-order chi connectivity index (χ0) is 24.0. The molecule has 0 atom stereocenters. The zero-order valence-electron chi connectivity index (χ0n) is 19.0. The van der Waals surface area contributed by atoms with Crippen LogP contribution in [0.15, 0.2) is 60.2 Å². The maximum Gasteiger partial charge on any atom is 0.266 e. The molecule has 0 heterocycles. The molecule has 0 aliphatic heterocycles. The van der Waals surface area contributed by atoms with Crippen LogP contribution in [0.1, 0.15) is 27.8 Å². The van der Waals surface area contributed by atoms with E-state index in [0.29, 0.717) is 34.4 Å². The van der Waals surface area contributed by atoms with Crippen molar-refractivity contribution in [1.29, 1.82) is 5.26 Å². The lowest BCUT2D eigenvalue weighted by atomic mass is 10.1. The highest BCUT2D eigenvalue weighted by atomic mass is 35.5. The molecule has 0 radical (unpaired) electrons. The van der Waals surface area contributed by atoms with Crippen molar-refractivity contribution in [3.05, 3.63) is 93.0 Å². The lowest BCUT2D eigenvalue weighted by Crippen LogP contribution is -2.15. The average Bonchev–Trinajstić information content (AvgIpc) is 2.79. The number of nitriles is 1. The number of benzene rings is 3. The van der Waals surface area contributed by atoms with Gasteiger partial charge in [-0.15, -0.1) is 0 Å². The Kier molecular flexibility index (Phi) is 7.76. The molecule has 0 spiro atoms. The summed E-state index contributed by atoms with van der Waals surface area (Å²) in [5.41, 5.74) is 5.19. The maximum absolute atomic E-state index is 12.8. The summed E-state index contributed by atoms with van der Waals surface area (Å²) in [4.78, 5) is 12.8. The maximum atomic E-state index is 12.8. The Hall–Kier alpha value is -3.75. The summed E-state index contributed by atoms with van der Waals surface area (Å²) in [6, 6.07) is 19.0. The number of ether oxygens (including phenoxy) is 2. The van der Waals surface area contributed by atoms with E-state index in [4.69, 9.17) is 21.1 Å². The van der Waals surface area contributed by atoms with Gasteiger partial charge in [0.05, 0.1) is 12.1 Å². The van der Waals surface area contributed by atoms with E-state index in [9.17, 15) is 10.1 Å². The number of nitrogens with zero attached hydrogens (tertiary/aromatic N) is 1. The lowest BCUT2D eigenvalue weighted by Gasteiger charge is -2.14. The molecule has 3 aromatic rings. The van der Waals surface area contributed by atoms with Gasteiger partial charge in [0.15, 0.2) is 11.5 Å². The molecule has 0 bridgehead atoms. The lowest BCUT2D eigenvalue weighted by molar-refractivity contribution is -0.112. The van der Waals surface area contributed by atoms with Gasteiger partial charge in [0.2, 0.25) is 0 Å². The Balaban J connectivity index is 1.84. The largest absolute Gasteiger partial charge is 0.493 e. The first-order valence-electron chi connectivity index (χ1n) is 10.4. The molecule has 3 aromatic carbocycles. The molecule has 33 heavy (non-hydrogen) atoms. The number of para-hydroxylation sites is 1. The van der Waals surface area contributed by atoms with Crippen molar-refractivity contribution in [3.8, 4) is 17.6 Å². The Labute approximate surface area is 199 Å². The SMILES string of the molecule is COc1cc(/C=C(\C#N)C(=O)Nc2c(C)cccc2C)cc(Cl)c1OCc1ccc(C)cc1. The van der Waals surface area contributed by atoms with E-state index in [-0.39, 0.29) is 5.57 Å². The van der Waals surface area contributed by atoms with E-state index in [1.54, 1.807) is 12.1 Å². The third kappa shape index (κ3) is 5.94. The topological polar surface area (TPSA) is 71.3 Å². The zero-order valence-corrected chi connectivity index (χ0v) is 19.8. The molecule has 5 nitrogen and oxygen atoms in total. The van der Waals surface area contributed by atoms with Crippen molar-refractivity contribution >= 4 is 29.3 Å². The molecule has 3 rings (SSSR count). The van der Waals surface area contributed by atoms with Crippen molar-refractivity contribution in [1.82, 2.24) is 0 Å². The first-order chi connectivity index (χ1) is 15.8. The normalized spacial score (nSPS) is 11.0. The van der Waals surface area contributed by atoms with Crippen LogP contribution < -0.4 is 14.8 Å². The van der Waals surface area contributed by atoms with Crippen LogP contribution in [0.3, 0.4) is 0 Å². The van der Waals surface area contributed by atoms with Gasteiger partial charge in [0.25, 0.3) is 5.91 Å². The van der Waals surface area contributed by atoms with Crippen LogP contribution in [0.2, 0.25) is 5.02 Å². The summed E-state index contributed by atoms with van der Waals surface area (Å²) in [5, 5.41) is 12.7. The number of hydrogen-bond donors (Lipinski definition) is 1. The molecular weight excluding hydrogens is 436 g/mol. The average molecular weight is 461 g/mol. The number of carbonyl (C=O) groups is 1. The summed E-state index contributed by atoms with van der Waals surface area (Å²) in [5.74, 6) is 0.313. The van der Waals surface area contributed by atoms with Crippen LogP contribution in [0, 0.1) is 32.1 Å². The van der Waals surface area contributed by atoms with Gasteiger partial charge in [-0.05, 0) is 61.2 Å². The van der Waals surface area contributed by atoms with E-state index in [1.165, 1.54) is 18.7 Å². The van der Waals surface area contributed by atoms with E-state index >= 15 is 0 Å². The number of anilines is 1. The van der Waals surface area contributed by atoms with Gasteiger partial charge in [0, 0.05) is 5.69 Å². The fourth-order valence-corrected chi connectivity index (χ4v) is 3.58. The molecular formula is C27H25ClN2O3. The highest BCUT2D eigenvalue weighted by molar-refractivity contribution is 6.32. The molecule has 0 aliphatic rings.